The van der Waals surface area contributed by atoms with Crippen LogP contribution in [-0.2, 0) is 17.8 Å². The number of rotatable bonds is 8. The number of carbonyl (C=O) groups is 1. The number of aryl methyl sites for hydroxylation is 1. The lowest BCUT2D eigenvalue weighted by molar-refractivity contribution is -0.147. The lowest BCUT2D eigenvalue weighted by atomic mass is 10.0. The Morgan fingerprint density at radius 2 is 2.00 bits per heavy atom. The molecule has 3 heterocycles. The summed E-state index contributed by atoms with van der Waals surface area (Å²) in [6, 6.07) is 15.4. The maximum absolute atomic E-state index is 13.8. The highest BCUT2D eigenvalue weighted by Crippen LogP contribution is 2.35. The van der Waals surface area contributed by atoms with Gasteiger partial charge in [0, 0.05) is 30.1 Å². The van der Waals surface area contributed by atoms with Crippen molar-refractivity contribution in [1.29, 1.82) is 0 Å². The lowest BCUT2D eigenvalue weighted by Gasteiger charge is -2.36. The predicted octanol–water partition coefficient (Wildman–Crippen LogP) is 5.48. The van der Waals surface area contributed by atoms with Gasteiger partial charge in [-0.3, -0.25) is 9.69 Å². The van der Waals surface area contributed by atoms with E-state index in [4.69, 9.17) is 14.4 Å². The molecule has 9 heteroatoms. The highest BCUT2D eigenvalue weighted by Gasteiger charge is 2.32. The standard InChI is InChI=1S/C25H22FN3O4S/c1-2-15-11-19(14-29-12-17(13-29)25(30)31)34-22(15)23-27-24(33-28-23)16-7-9-18(10-8-16)32-21-6-4-3-5-20(21)26/h3-11,17H,2,12-14H2,1H3,(H,30,31). The molecule has 7 nitrogen and oxygen atoms in total. The Morgan fingerprint density at radius 3 is 2.71 bits per heavy atom. The normalized spacial score (nSPS) is 14.2. The molecule has 1 fully saturated rings. The van der Waals surface area contributed by atoms with Gasteiger partial charge in [0.25, 0.3) is 5.89 Å². The summed E-state index contributed by atoms with van der Waals surface area (Å²) in [5.41, 5.74) is 1.87. The molecule has 1 aliphatic rings. The molecule has 5 rings (SSSR count). The second-order valence-electron chi connectivity index (χ2n) is 8.13. The number of aliphatic carboxylic acids is 1. The van der Waals surface area contributed by atoms with E-state index in [2.05, 4.69) is 28.0 Å². The lowest BCUT2D eigenvalue weighted by Crippen LogP contribution is -2.49. The van der Waals surface area contributed by atoms with Gasteiger partial charge in [-0.1, -0.05) is 24.2 Å². The molecule has 34 heavy (non-hydrogen) atoms. The van der Waals surface area contributed by atoms with Gasteiger partial charge in [0.05, 0.1) is 10.8 Å². The first-order valence-electron chi connectivity index (χ1n) is 10.9. The van der Waals surface area contributed by atoms with Crippen LogP contribution in [0.3, 0.4) is 0 Å². The molecular weight excluding hydrogens is 457 g/mol. The largest absolute Gasteiger partial charge is 0.481 e. The van der Waals surface area contributed by atoms with Crippen LogP contribution in [-0.4, -0.2) is 39.2 Å². The fourth-order valence-corrected chi connectivity index (χ4v) is 5.06. The van der Waals surface area contributed by atoms with E-state index < -0.39 is 11.8 Å². The van der Waals surface area contributed by atoms with Crippen molar-refractivity contribution < 1.29 is 23.6 Å². The third-order valence-electron chi connectivity index (χ3n) is 5.72. The molecule has 0 aliphatic carbocycles. The van der Waals surface area contributed by atoms with Gasteiger partial charge in [0.1, 0.15) is 5.75 Å². The van der Waals surface area contributed by atoms with Gasteiger partial charge in [0.15, 0.2) is 11.6 Å². The van der Waals surface area contributed by atoms with Crippen molar-refractivity contribution in [1.82, 2.24) is 15.0 Å². The number of carboxylic acids is 1. The van der Waals surface area contributed by atoms with Crippen LogP contribution in [0, 0.1) is 11.7 Å². The fraction of sp³-hybridized carbons (Fsp3) is 0.240. The van der Waals surface area contributed by atoms with E-state index in [0.29, 0.717) is 30.6 Å². The van der Waals surface area contributed by atoms with E-state index in [1.807, 2.05) is 0 Å². The van der Waals surface area contributed by atoms with Crippen LogP contribution < -0.4 is 4.74 Å². The van der Waals surface area contributed by atoms with Gasteiger partial charge in [-0.15, -0.1) is 11.3 Å². The van der Waals surface area contributed by atoms with E-state index in [1.165, 1.54) is 6.07 Å². The van der Waals surface area contributed by atoms with Gasteiger partial charge in [-0.25, -0.2) is 4.39 Å². The average Bonchev–Trinajstić information content (AvgIpc) is 3.45. The molecule has 0 atom stereocenters. The number of aromatic nitrogens is 2. The van der Waals surface area contributed by atoms with Crippen LogP contribution in [0.4, 0.5) is 4.39 Å². The highest BCUT2D eigenvalue weighted by molar-refractivity contribution is 7.15. The Hall–Kier alpha value is -3.56. The highest BCUT2D eigenvalue weighted by atomic mass is 32.1. The average molecular weight is 480 g/mol. The summed E-state index contributed by atoms with van der Waals surface area (Å²) in [4.78, 5) is 19.9. The Balaban J connectivity index is 1.29. The zero-order valence-electron chi connectivity index (χ0n) is 18.4. The predicted molar refractivity (Wildman–Crippen MR) is 125 cm³/mol. The summed E-state index contributed by atoms with van der Waals surface area (Å²) in [5, 5.41) is 13.3. The first-order valence-corrected chi connectivity index (χ1v) is 11.8. The van der Waals surface area contributed by atoms with Crippen molar-refractivity contribution >= 4 is 17.3 Å². The van der Waals surface area contributed by atoms with Crippen LogP contribution in [0.1, 0.15) is 17.4 Å². The minimum atomic E-state index is -0.733. The third kappa shape index (κ3) is 4.57. The molecule has 174 valence electrons. The number of benzene rings is 2. The van der Waals surface area contributed by atoms with Gasteiger partial charge < -0.3 is 14.4 Å². The third-order valence-corrected chi connectivity index (χ3v) is 6.88. The Labute approximate surface area is 199 Å². The monoisotopic (exact) mass is 479 g/mol. The Morgan fingerprint density at radius 1 is 1.24 bits per heavy atom. The molecule has 0 spiro atoms. The van der Waals surface area contributed by atoms with Gasteiger partial charge >= 0.3 is 5.97 Å². The van der Waals surface area contributed by atoms with E-state index in [9.17, 15) is 9.18 Å². The van der Waals surface area contributed by atoms with Crippen molar-refractivity contribution in [2.45, 2.75) is 19.9 Å². The summed E-state index contributed by atoms with van der Waals surface area (Å²) < 4.78 is 24.9. The number of nitrogens with zero attached hydrogens (tertiary/aromatic N) is 3. The number of halogens is 1. The van der Waals surface area contributed by atoms with E-state index in [0.717, 1.165) is 33.8 Å². The second-order valence-corrected chi connectivity index (χ2v) is 9.27. The maximum Gasteiger partial charge on any atom is 0.309 e. The maximum atomic E-state index is 13.8. The Kier molecular flexibility index (Phi) is 6.12. The molecule has 1 N–H and O–H groups in total. The number of ether oxygens (including phenoxy) is 1. The second kappa shape index (κ2) is 9.36. The number of thiophene rings is 1. The number of para-hydroxylation sites is 1. The summed E-state index contributed by atoms with van der Waals surface area (Å²) in [6.45, 7) is 3.95. The molecular formula is C25H22FN3O4S. The molecule has 0 saturated carbocycles. The van der Waals surface area contributed by atoms with Crippen LogP contribution in [0.2, 0.25) is 0 Å². The van der Waals surface area contributed by atoms with Crippen LogP contribution in [0.15, 0.2) is 59.1 Å². The minimum Gasteiger partial charge on any atom is -0.481 e. The number of carboxylic acid groups (broad SMARTS) is 1. The minimum absolute atomic E-state index is 0.160. The SMILES string of the molecule is CCc1cc(CN2CC(C(=O)O)C2)sc1-c1noc(-c2ccc(Oc3ccccc3F)cc2)n1. The van der Waals surface area contributed by atoms with Crippen LogP contribution in [0.5, 0.6) is 11.5 Å². The molecule has 1 saturated heterocycles. The molecule has 0 bridgehead atoms. The number of hydrogen-bond acceptors (Lipinski definition) is 7. The fourth-order valence-electron chi connectivity index (χ4n) is 3.84. The van der Waals surface area contributed by atoms with E-state index >= 15 is 0 Å². The Bertz CT molecular complexity index is 1310. The molecule has 2 aromatic heterocycles. The van der Waals surface area contributed by atoms with E-state index in [-0.39, 0.29) is 11.7 Å². The first-order chi connectivity index (χ1) is 16.5. The summed E-state index contributed by atoms with van der Waals surface area (Å²) in [7, 11) is 0. The zero-order chi connectivity index (χ0) is 23.7. The van der Waals surface area contributed by atoms with Crippen LogP contribution >= 0.6 is 11.3 Å². The molecule has 0 amide bonds. The molecule has 4 aromatic rings. The van der Waals surface area contributed by atoms with Crippen LogP contribution in [0.25, 0.3) is 22.2 Å². The molecule has 0 radical (unpaired) electrons. The van der Waals surface area contributed by atoms with Gasteiger partial charge in [-0.05, 0) is 54.4 Å². The zero-order valence-corrected chi connectivity index (χ0v) is 19.2. The van der Waals surface area contributed by atoms with Crippen molar-refractivity contribution in [2.75, 3.05) is 13.1 Å². The number of likely N-dealkylation sites (tertiary alicyclic amines) is 1. The molecule has 2 aromatic carbocycles. The summed E-state index contributed by atoms with van der Waals surface area (Å²) >= 11 is 1.61. The first kappa shape index (κ1) is 22.2. The summed E-state index contributed by atoms with van der Waals surface area (Å²) in [5.74, 6) is 0.148. The van der Waals surface area contributed by atoms with E-state index in [1.54, 1.807) is 53.8 Å². The van der Waals surface area contributed by atoms with Gasteiger partial charge in [-0.2, -0.15) is 4.98 Å². The summed E-state index contributed by atoms with van der Waals surface area (Å²) in [6.07, 6.45) is 0.829. The quantitative estimate of drug-likeness (QED) is 0.358. The number of hydrogen-bond donors (Lipinski definition) is 1. The molecule has 1 aliphatic heterocycles. The van der Waals surface area contributed by atoms with Crippen molar-refractivity contribution in [3.05, 3.63) is 70.9 Å². The topological polar surface area (TPSA) is 88.7 Å². The van der Waals surface area contributed by atoms with Crippen molar-refractivity contribution in [3.63, 3.8) is 0 Å². The molecule has 0 unspecified atom stereocenters. The van der Waals surface area contributed by atoms with Gasteiger partial charge in [0.2, 0.25) is 5.82 Å². The van der Waals surface area contributed by atoms with Crippen molar-refractivity contribution in [2.24, 2.45) is 5.92 Å². The van der Waals surface area contributed by atoms with Crippen molar-refractivity contribution in [3.8, 4) is 33.7 Å². The smallest absolute Gasteiger partial charge is 0.309 e.